The van der Waals surface area contributed by atoms with Gasteiger partial charge < -0.3 is 10.6 Å². The molecular weight excluding hydrogens is 260 g/mol. The minimum Gasteiger partial charge on any atom is -0.384 e. The Labute approximate surface area is 116 Å². The predicted octanol–water partition coefficient (Wildman–Crippen LogP) is 2.89. The lowest BCUT2D eigenvalue weighted by atomic mass is 10.1. The first-order valence-corrected chi connectivity index (χ1v) is 6.07. The summed E-state index contributed by atoms with van der Waals surface area (Å²) in [5.41, 5.74) is 7.08. The molecule has 0 aliphatic carbocycles. The zero-order valence-electron chi connectivity index (χ0n) is 11.0. The molecule has 0 amide bonds. The van der Waals surface area contributed by atoms with Crippen molar-refractivity contribution in [3.63, 3.8) is 0 Å². The number of nitrogens with one attached hydrogen (secondary N) is 1. The van der Waals surface area contributed by atoms with Gasteiger partial charge in [-0.2, -0.15) is 0 Å². The van der Waals surface area contributed by atoms with E-state index < -0.39 is 11.6 Å². The Hall–Kier alpha value is -2.43. The van der Waals surface area contributed by atoms with Gasteiger partial charge in [0.25, 0.3) is 0 Å². The highest BCUT2D eigenvalue weighted by Crippen LogP contribution is 2.19. The van der Waals surface area contributed by atoms with Gasteiger partial charge in [-0.15, -0.1) is 0 Å². The number of amidine groups is 1. The zero-order chi connectivity index (χ0) is 14.7. The summed E-state index contributed by atoms with van der Waals surface area (Å²) in [6.45, 7) is 0.227. The number of halogens is 2. The number of nitrogens with zero attached hydrogens (tertiary/aromatic N) is 1. The van der Waals surface area contributed by atoms with Crippen molar-refractivity contribution in [1.82, 2.24) is 0 Å². The fourth-order valence-corrected chi connectivity index (χ4v) is 1.92. The SMILES string of the molecule is CN(Cc1cc(F)ccc1F)c1cccc(C(=N)N)c1. The van der Waals surface area contributed by atoms with Gasteiger partial charge in [-0.25, -0.2) is 8.78 Å². The average molecular weight is 275 g/mol. The van der Waals surface area contributed by atoms with E-state index in [9.17, 15) is 8.78 Å². The van der Waals surface area contributed by atoms with E-state index in [0.717, 1.165) is 17.8 Å². The van der Waals surface area contributed by atoms with Crippen LogP contribution in [0.25, 0.3) is 0 Å². The first-order valence-electron chi connectivity index (χ1n) is 6.07. The molecule has 2 rings (SSSR count). The van der Waals surface area contributed by atoms with E-state index in [2.05, 4.69) is 0 Å². The largest absolute Gasteiger partial charge is 0.384 e. The fraction of sp³-hybridized carbons (Fsp3) is 0.133. The van der Waals surface area contributed by atoms with Crippen LogP contribution in [0.15, 0.2) is 42.5 Å². The Morgan fingerprint density at radius 2 is 1.95 bits per heavy atom. The lowest BCUT2D eigenvalue weighted by Crippen LogP contribution is -2.18. The second kappa shape index (κ2) is 5.69. The molecule has 0 radical (unpaired) electrons. The number of rotatable bonds is 4. The maximum Gasteiger partial charge on any atom is 0.128 e. The number of nitrogen functional groups attached to an aromatic ring is 1. The molecule has 0 aromatic heterocycles. The van der Waals surface area contributed by atoms with Crippen molar-refractivity contribution in [3.8, 4) is 0 Å². The van der Waals surface area contributed by atoms with Crippen molar-refractivity contribution in [1.29, 1.82) is 5.41 Å². The molecule has 20 heavy (non-hydrogen) atoms. The zero-order valence-corrected chi connectivity index (χ0v) is 11.0. The molecule has 104 valence electrons. The lowest BCUT2D eigenvalue weighted by molar-refractivity contribution is 0.583. The molecule has 0 saturated heterocycles. The summed E-state index contributed by atoms with van der Waals surface area (Å²) in [6, 6.07) is 10.4. The summed E-state index contributed by atoms with van der Waals surface area (Å²) in [4.78, 5) is 1.77. The van der Waals surface area contributed by atoms with Crippen LogP contribution in [-0.4, -0.2) is 12.9 Å². The molecule has 0 fully saturated rings. The second-order valence-electron chi connectivity index (χ2n) is 4.56. The monoisotopic (exact) mass is 275 g/mol. The van der Waals surface area contributed by atoms with Crippen LogP contribution in [-0.2, 0) is 6.54 Å². The third-order valence-electron chi connectivity index (χ3n) is 3.01. The molecule has 0 bridgehead atoms. The van der Waals surface area contributed by atoms with Gasteiger partial charge in [0.1, 0.15) is 17.5 Å². The summed E-state index contributed by atoms with van der Waals surface area (Å²) in [5, 5.41) is 7.41. The van der Waals surface area contributed by atoms with Crippen LogP contribution >= 0.6 is 0 Å². The van der Waals surface area contributed by atoms with E-state index in [0.29, 0.717) is 5.56 Å². The average Bonchev–Trinajstić information content (AvgIpc) is 2.43. The molecule has 3 N–H and O–H groups in total. The summed E-state index contributed by atoms with van der Waals surface area (Å²) in [6.07, 6.45) is 0. The lowest BCUT2D eigenvalue weighted by Gasteiger charge is -2.20. The van der Waals surface area contributed by atoms with Gasteiger partial charge in [0.2, 0.25) is 0 Å². The summed E-state index contributed by atoms with van der Waals surface area (Å²) >= 11 is 0. The number of anilines is 1. The van der Waals surface area contributed by atoms with Crippen LogP contribution in [0.1, 0.15) is 11.1 Å². The molecule has 0 saturated carbocycles. The number of hydrogen-bond donors (Lipinski definition) is 2. The number of benzene rings is 2. The Balaban J connectivity index is 2.23. The first kappa shape index (κ1) is 14.0. The molecule has 3 nitrogen and oxygen atoms in total. The maximum absolute atomic E-state index is 13.6. The Morgan fingerprint density at radius 1 is 1.20 bits per heavy atom. The second-order valence-corrected chi connectivity index (χ2v) is 4.56. The third kappa shape index (κ3) is 3.12. The van der Waals surface area contributed by atoms with Crippen LogP contribution in [0.3, 0.4) is 0 Å². The van der Waals surface area contributed by atoms with E-state index >= 15 is 0 Å². The fourth-order valence-electron chi connectivity index (χ4n) is 1.92. The highest BCUT2D eigenvalue weighted by molar-refractivity contribution is 5.95. The highest BCUT2D eigenvalue weighted by atomic mass is 19.1. The van der Waals surface area contributed by atoms with Crippen molar-refractivity contribution in [2.75, 3.05) is 11.9 Å². The van der Waals surface area contributed by atoms with Crippen LogP contribution < -0.4 is 10.6 Å². The Kier molecular flexibility index (Phi) is 3.98. The summed E-state index contributed by atoms with van der Waals surface area (Å²) < 4.78 is 26.7. The molecule has 0 aliphatic heterocycles. The van der Waals surface area contributed by atoms with Gasteiger partial charge in [-0.3, -0.25) is 5.41 Å². The van der Waals surface area contributed by atoms with Gasteiger partial charge in [0, 0.05) is 30.4 Å². The van der Waals surface area contributed by atoms with E-state index in [4.69, 9.17) is 11.1 Å². The normalized spacial score (nSPS) is 10.3. The third-order valence-corrected chi connectivity index (χ3v) is 3.01. The molecule has 2 aromatic rings. The Bertz CT molecular complexity index is 641. The van der Waals surface area contributed by atoms with Crippen molar-refractivity contribution >= 4 is 11.5 Å². The summed E-state index contributed by atoms with van der Waals surface area (Å²) in [7, 11) is 1.77. The molecule has 2 aromatic carbocycles. The minimum absolute atomic E-state index is 0.0304. The first-order chi connectivity index (χ1) is 9.47. The van der Waals surface area contributed by atoms with Crippen molar-refractivity contribution in [3.05, 3.63) is 65.2 Å². The minimum atomic E-state index is -0.465. The van der Waals surface area contributed by atoms with Crippen LogP contribution in [0, 0.1) is 17.0 Å². The molecule has 5 heteroatoms. The van der Waals surface area contributed by atoms with Crippen LogP contribution in [0.4, 0.5) is 14.5 Å². The van der Waals surface area contributed by atoms with Crippen LogP contribution in [0.5, 0.6) is 0 Å². The van der Waals surface area contributed by atoms with Crippen LogP contribution in [0.2, 0.25) is 0 Å². The topological polar surface area (TPSA) is 53.1 Å². The summed E-state index contributed by atoms with van der Waals surface area (Å²) in [5.74, 6) is -0.939. The van der Waals surface area contributed by atoms with Gasteiger partial charge in [0.05, 0.1) is 0 Å². The van der Waals surface area contributed by atoms with Crippen molar-refractivity contribution in [2.24, 2.45) is 5.73 Å². The standard InChI is InChI=1S/C15H15F2N3/c1-20(9-11-7-12(16)5-6-14(11)17)13-4-2-3-10(8-13)15(18)19/h2-8H,9H2,1H3,(H3,18,19). The quantitative estimate of drug-likeness (QED) is 0.666. The molecular formula is C15H15F2N3. The van der Waals surface area contributed by atoms with E-state index in [-0.39, 0.29) is 17.9 Å². The van der Waals surface area contributed by atoms with Gasteiger partial charge in [-0.1, -0.05) is 12.1 Å². The smallest absolute Gasteiger partial charge is 0.128 e. The maximum atomic E-state index is 13.6. The molecule has 0 spiro atoms. The van der Waals surface area contributed by atoms with Gasteiger partial charge in [0.15, 0.2) is 0 Å². The van der Waals surface area contributed by atoms with E-state index in [1.165, 1.54) is 6.07 Å². The van der Waals surface area contributed by atoms with E-state index in [1.54, 1.807) is 30.1 Å². The van der Waals surface area contributed by atoms with E-state index in [1.807, 2.05) is 6.07 Å². The van der Waals surface area contributed by atoms with Gasteiger partial charge >= 0.3 is 0 Å². The molecule has 0 unspecified atom stereocenters. The number of nitrogens with two attached hydrogens (primary N) is 1. The van der Waals surface area contributed by atoms with Gasteiger partial charge in [-0.05, 0) is 30.3 Å². The number of hydrogen-bond acceptors (Lipinski definition) is 2. The Morgan fingerprint density at radius 3 is 2.65 bits per heavy atom. The molecule has 0 atom stereocenters. The van der Waals surface area contributed by atoms with Crippen molar-refractivity contribution in [2.45, 2.75) is 6.54 Å². The molecule has 0 heterocycles. The predicted molar refractivity (Wildman–Crippen MR) is 75.9 cm³/mol. The molecule has 0 aliphatic rings. The van der Waals surface area contributed by atoms with Crippen molar-refractivity contribution < 1.29 is 8.78 Å². The highest BCUT2D eigenvalue weighted by Gasteiger charge is 2.09.